The minimum absolute atomic E-state index is 0.516. The van der Waals surface area contributed by atoms with Gasteiger partial charge in [-0.05, 0) is 65.3 Å². The largest absolute Gasteiger partial charge is 0.337 e. The number of nitrogens with zero attached hydrogens (tertiary/aromatic N) is 7. The highest BCUT2D eigenvalue weighted by Gasteiger charge is 2.17. The van der Waals surface area contributed by atoms with Crippen LogP contribution in [0.25, 0.3) is 11.0 Å². The molecule has 0 bridgehead atoms. The Balaban J connectivity index is 1.35. The topological polar surface area (TPSA) is 85.3 Å². The lowest BCUT2D eigenvalue weighted by atomic mass is 10.1. The van der Waals surface area contributed by atoms with Crippen LogP contribution < -0.4 is 14.9 Å². The molecule has 0 aliphatic carbocycles. The Hall–Kier alpha value is -2.99. The van der Waals surface area contributed by atoms with Gasteiger partial charge in [0.05, 0.1) is 21.4 Å². The van der Waals surface area contributed by atoms with E-state index in [2.05, 4.69) is 87.8 Å². The molecule has 1 aliphatic rings. The number of rotatable bonds is 8. The van der Waals surface area contributed by atoms with E-state index in [0.717, 1.165) is 65.3 Å². The van der Waals surface area contributed by atoms with E-state index < -0.39 is 0 Å². The van der Waals surface area contributed by atoms with Gasteiger partial charge in [0.25, 0.3) is 0 Å². The predicted octanol–water partition coefficient (Wildman–Crippen LogP) is 5.44. The third kappa shape index (κ3) is 6.01. The van der Waals surface area contributed by atoms with E-state index in [1.165, 1.54) is 11.1 Å². The third-order valence-corrected chi connectivity index (χ3v) is 8.10. The molecule has 38 heavy (non-hydrogen) atoms. The van der Waals surface area contributed by atoms with Crippen LogP contribution >= 0.6 is 27.9 Å². The summed E-state index contributed by atoms with van der Waals surface area (Å²) >= 11 is 5.21. The lowest BCUT2D eigenvalue weighted by molar-refractivity contribution is 0.148. The number of benzene rings is 2. The van der Waals surface area contributed by atoms with Gasteiger partial charge >= 0.3 is 0 Å². The van der Waals surface area contributed by atoms with E-state index in [1.54, 1.807) is 30.5 Å². The number of likely N-dealkylation sites (N-methyl/N-ethyl adjacent to an activating group) is 1. The molecule has 3 heterocycles. The summed E-state index contributed by atoms with van der Waals surface area (Å²) in [6, 6.07) is 10.4. The van der Waals surface area contributed by atoms with Crippen molar-refractivity contribution in [2.45, 2.75) is 13.5 Å². The normalized spacial score (nSPS) is 14.6. The number of halogens is 1. The van der Waals surface area contributed by atoms with Gasteiger partial charge < -0.3 is 19.8 Å². The maximum Gasteiger partial charge on any atom is 0.229 e. The van der Waals surface area contributed by atoms with Crippen molar-refractivity contribution in [1.82, 2.24) is 29.7 Å². The van der Waals surface area contributed by atoms with Crippen molar-refractivity contribution >= 4 is 67.7 Å². The van der Waals surface area contributed by atoms with Gasteiger partial charge in [0, 0.05) is 70.3 Å². The van der Waals surface area contributed by atoms with Gasteiger partial charge in [-0.3, -0.25) is 14.9 Å². The number of nitrogens with one attached hydrogen (secondary N) is 2. The minimum atomic E-state index is 0.516. The van der Waals surface area contributed by atoms with Crippen molar-refractivity contribution in [3.8, 4) is 0 Å². The van der Waals surface area contributed by atoms with Crippen LogP contribution in [-0.4, -0.2) is 76.3 Å². The van der Waals surface area contributed by atoms with Crippen molar-refractivity contribution in [2.75, 3.05) is 61.5 Å². The molecule has 198 valence electrons. The summed E-state index contributed by atoms with van der Waals surface area (Å²) in [5.74, 6) is 1.17. The fraction of sp³-hybridized carbons (Fsp3) is 0.333. The first-order chi connectivity index (χ1) is 18.4. The zero-order chi connectivity index (χ0) is 26.6. The van der Waals surface area contributed by atoms with Gasteiger partial charge in [-0.2, -0.15) is 4.98 Å². The molecule has 4 aromatic rings. The van der Waals surface area contributed by atoms with Crippen molar-refractivity contribution < 1.29 is 0 Å². The smallest absolute Gasteiger partial charge is 0.229 e. The zero-order valence-corrected chi connectivity index (χ0v) is 24.5. The monoisotopic (exact) mass is 593 g/mol. The van der Waals surface area contributed by atoms with Gasteiger partial charge in [-0.15, -0.1) is 0 Å². The highest BCUT2D eigenvalue weighted by Crippen LogP contribution is 2.37. The maximum absolute atomic E-state index is 4.77. The Morgan fingerprint density at radius 1 is 1.03 bits per heavy atom. The fourth-order valence-corrected chi connectivity index (χ4v) is 5.16. The molecule has 1 fully saturated rings. The van der Waals surface area contributed by atoms with E-state index in [1.807, 2.05) is 25.4 Å². The standard InChI is InChI=1S/C27H32BrN9S/c1-18-15-20(6-5-19(18)17-37-13-11-35(2)12-14-37)32-27-31-16-21(28)26(34-27)33-23-8-7-22-24(30-10-9-29-22)25(23)36(3)38-4/h5-10,15-16H,11-14,17H2,1-4H3,(H2,31,32,33,34). The minimum Gasteiger partial charge on any atom is -0.337 e. The molecule has 0 amide bonds. The summed E-state index contributed by atoms with van der Waals surface area (Å²) in [5.41, 5.74) is 7.05. The number of aromatic nitrogens is 4. The summed E-state index contributed by atoms with van der Waals surface area (Å²) in [6.07, 6.45) is 7.20. The lowest BCUT2D eigenvalue weighted by Gasteiger charge is -2.32. The second-order valence-electron chi connectivity index (χ2n) is 9.43. The quantitative estimate of drug-likeness (QED) is 0.257. The van der Waals surface area contributed by atoms with Crippen molar-refractivity contribution in [3.63, 3.8) is 0 Å². The molecule has 1 saturated heterocycles. The number of hydrogen-bond acceptors (Lipinski definition) is 10. The molecule has 2 aromatic heterocycles. The van der Waals surface area contributed by atoms with Gasteiger partial charge in [-0.1, -0.05) is 18.0 Å². The lowest BCUT2D eigenvalue weighted by Crippen LogP contribution is -2.43. The van der Waals surface area contributed by atoms with Crippen LogP contribution in [0.4, 0.5) is 28.8 Å². The van der Waals surface area contributed by atoms with Crippen LogP contribution in [-0.2, 0) is 6.54 Å². The number of anilines is 5. The molecule has 9 nitrogen and oxygen atoms in total. The summed E-state index contributed by atoms with van der Waals surface area (Å²) in [5, 5.41) is 6.85. The molecule has 2 aromatic carbocycles. The van der Waals surface area contributed by atoms with Gasteiger partial charge in [-0.25, -0.2) is 4.98 Å². The molecule has 0 unspecified atom stereocenters. The van der Waals surface area contributed by atoms with Crippen molar-refractivity contribution in [3.05, 3.63) is 64.5 Å². The Morgan fingerprint density at radius 2 is 1.82 bits per heavy atom. The third-order valence-electron chi connectivity index (χ3n) is 6.79. The number of aryl methyl sites for hydroxylation is 1. The Labute approximate surface area is 236 Å². The average molecular weight is 595 g/mol. The molecule has 2 N–H and O–H groups in total. The number of hydrogen-bond donors (Lipinski definition) is 2. The van der Waals surface area contributed by atoms with Gasteiger partial charge in [0.2, 0.25) is 5.95 Å². The fourth-order valence-electron chi connectivity index (χ4n) is 4.50. The molecule has 5 rings (SSSR count). The molecular weight excluding hydrogens is 562 g/mol. The molecule has 1 aliphatic heterocycles. The molecule has 0 radical (unpaired) electrons. The van der Waals surface area contributed by atoms with Crippen LogP contribution in [0.2, 0.25) is 0 Å². The van der Waals surface area contributed by atoms with E-state index in [4.69, 9.17) is 4.98 Å². The molecule has 0 saturated carbocycles. The van der Waals surface area contributed by atoms with E-state index in [0.29, 0.717) is 11.8 Å². The Bertz CT molecular complexity index is 1430. The summed E-state index contributed by atoms with van der Waals surface area (Å²) in [7, 11) is 4.20. The Kier molecular flexibility index (Phi) is 8.27. The first-order valence-corrected chi connectivity index (χ1v) is 14.5. The van der Waals surface area contributed by atoms with Crippen molar-refractivity contribution in [2.24, 2.45) is 0 Å². The highest BCUT2D eigenvalue weighted by atomic mass is 79.9. The predicted molar refractivity (Wildman–Crippen MR) is 162 cm³/mol. The van der Waals surface area contributed by atoms with Crippen LogP contribution in [0.3, 0.4) is 0 Å². The van der Waals surface area contributed by atoms with Crippen molar-refractivity contribution in [1.29, 1.82) is 0 Å². The maximum atomic E-state index is 4.77. The van der Waals surface area contributed by atoms with Crippen LogP contribution in [0.15, 0.2) is 53.4 Å². The summed E-state index contributed by atoms with van der Waals surface area (Å²) in [6.45, 7) is 7.60. The molecule has 0 atom stereocenters. The van der Waals surface area contributed by atoms with Crippen LogP contribution in [0.5, 0.6) is 0 Å². The van der Waals surface area contributed by atoms with Crippen LogP contribution in [0, 0.1) is 6.92 Å². The van der Waals surface area contributed by atoms with Crippen LogP contribution in [0.1, 0.15) is 11.1 Å². The number of fused-ring (bicyclic) bond motifs is 1. The number of piperazine rings is 1. The molecule has 11 heteroatoms. The van der Waals surface area contributed by atoms with E-state index in [9.17, 15) is 0 Å². The summed E-state index contributed by atoms with van der Waals surface area (Å²) in [4.78, 5) is 23.2. The van der Waals surface area contributed by atoms with E-state index in [-0.39, 0.29) is 0 Å². The second kappa shape index (κ2) is 11.8. The Morgan fingerprint density at radius 3 is 2.58 bits per heavy atom. The first kappa shape index (κ1) is 26.6. The SMILES string of the molecule is CSN(C)c1c(Nc2nc(Nc3ccc(CN4CCN(C)CC4)c(C)c3)ncc2Br)ccc2nccnc12. The molecular formula is C27H32BrN9S. The van der Waals surface area contributed by atoms with Gasteiger partial charge in [0.1, 0.15) is 11.3 Å². The highest BCUT2D eigenvalue weighted by molar-refractivity contribution is 9.10. The van der Waals surface area contributed by atoms with E-state index >= 15 is 0 Å². The average Bonchev–Trinajstić information content (AvgIpc) is 2.92. The van der Waals surface area contributed by atoms with Gasteiger partial charge in [0.15, 0.2) is 0 Å². The first-order valence-electron chi connectivity index (χ1n) is 12.5. The zero-order valence-electron chi connectivity index (χ0n) is 22.1. The second-order valence-corrected chi connectivity index (χ2v) is 11.2. The summed E-state index contributed by atoms with van der Waals surface area (Å²) < 4.78 is 2.83. The molecule has 0 spiro atoms.